The quantitative estimate of drug-likeness (QED) is 0.605. The van der Waals surface area contributed by atoms with Crippen LogP contribution in [0.25, 0.3) is 0 Å². The lowest BCUT2D eigenvalue weighted by Gasteiger charge is -2.01. The van der Waals surface area contributed by atoms with E-state index >= 15 is 0 Å². The molecule has 11 heteroatoms. The van der Waals surface area contributed by atoms with Crippen molar-refractivity contribution in [1.29, 1.82) is 0 Å². The molecule has 2 heterocycles. The maximum Gasteiger partial charge on any atom is 0.304 e. The number of aryl methyl sites for hydroxylation is 1. The van der Waals surface area contributed by atoms with Crippen molar-refractivity contribution in [2.75, 3.05) is 12.4 Å². The van der Waals surface area contributed by atoms with Gasteiger partial charge in [0.1, 0.15) is 9.97 Å². The van der Waals surface area contributed by atoms with Crippen LogP contribution in [0.5, 0.6) is 0 Å². The Kier molecular flexibility index (Phi) is 4.25. The first kappa shape index (κ1) is 15.4. The van der Waals surface area contributed by atoms with Crippen molar-refractivity contribution in [2.45, 2.75) is 17.7 Å². The molecule has 114 valence electrons. The summed E-state index contributed by atoms with van der Waals surface area (Å²) in [5, 5.41) is 13.6. The SMILES string of the molecule is CNc1sc(S(=O)(=O)NCc2ncc(C)o2)cc1[N+](=O)[O-]. The minimum atomic E-state index is -3.87. The number of thiophene rings is 1. The highest BCUT2D eigenvalue weighted by molar-refractivity contribution is 7.91. The van der Waals surface area contributed by atoms with Crippen LogP contribution in [-0.2, 0) is 16.6 Å². The van der Waals surface area contributed by atoms with Crippen molar-refractivity contribution in [3.63, 3.8) is 0 Å². The molecule has 2 N–H and O–H groups in total. The number of sulfonamides is 1. The highest BCUT2D eigenvalue weighted by Gasteiger charge is 2.25. The normalized spacial score (nSPS) is 11.5. The highest BCUT2D eigenvalue weighted by atomic mass is 32.2. The van der Waals surface area contributed by atoms with Crippen molar-refractivity contribution in [1.82, 2.24) is 9.71 Å². The lowest BCUT2D eigenvalue weighted by Crippen LogP contribution is -2.22. The smallest absolute Gasteiger partial charge is 0.304 e. The fourth-order valence-corrected chi connectivity index (χ4v) is 3.82. The Hall–Kier alpha value is -1.98. The summed E-state index contributed by atoms with van der Waals surface area (Å²) in [6.45, 7) is 1.56. The Morgan fingerprint density at radius 1 is 1.52 bits per heavy atom. The minimum Gasteiger partial charge on any atom is -0.445 e. The van der Waals surface area contributed by atoms with Gasteiger partial charge in [-0.1, -0.05) is 11.3 Å². The van der Waals surface area contributed by atoms with Crippen molar-refractivity contribution in [3.05, 3.63) is 34.0 Å². The molecule has 0 aromatic carbocycles. The van der Waals surface area contributed by atoms with Crippen LogP contribution in [0.4, 0.5) is 10.7 Å². The number of nitrogens with zero attached hydrogens (tertiary/aromatic N) is 2. The van der Waals surface area contributed by atoms with E-state index in [0.717, 1.165) is 17.4 Å². The van der Waals surface area contributed by atoms with E-state index in [0.29, 0.717) is 5.76 Å². The molecule has 2 aromatic heterocycles. The molecule has 0 fully saturated rings. The first-order valence-electron chi connectivity index (χ1n) is 5.70. The van der Waals surface area contributed by atoms with Gasteiger partial charge in [-0.25, -0.2) is 18.1 Å². The third-order valence-corrected chi connectivity index (χ3v) is 5.48. The van der Waals surface area contributed by atoms with E-state index in [-0.39, 0.29) is 27.3 Å². The molecule has 0 aliphatic carbocycles. The average Bonchev–Trinajstić information content (AvgIpc) is 3.02. The third kappa shape index (κ3) is 3.37. The summed E-state index contributed by atoms with van der Waals surface area (Å²) in [6.07, 6.45) is 1.47. The standard InChI is InChI=1S/C10H12N4O5S2/c1-6-4-12-8(19-6)5-13-21(17,18)9-3-7(14(15)16)10(11-2)20-9/h3-4,11,13H,5H2,1-2H3. The van der Waals surface area contributed by atoms with Crippen LogP contribution in [0.15, 0.2) is 20.9 Å². The fourth-order valence-electron chi connectivity index (χ4n) is 1.52. The van der Waals surface area contributed by atoms with Gasteiger partial charge in [-0.15, -0.1) is 0 Å². The molecule has 21 heavy (non-hydrogen) atoms. The van der Waals surface area contributed by atoms with Crippen LogP contribution in [0.1, 0.15) is 11.7 Å². The summed E-state index contributed by atoms with van der Waals surface area (Å²) in [5.41, 5.74) is -0.283. The van der Waals surface area contributed by atoms with Crippen molar-refractivity contribution in [2.24, 2.45) is 0 Å². The number of oxazole rings is 1. The second-order valence-electron chi connectivity index (χ2n) is 3.98. The summed E-state index contributed by atoms with van der Waals surface area (Å²) >= 11 is 0.781. The average molecular weight is 332 g/mol. The molecule has 0 saturated carbocycles. The van der Waals surface area contributed by atoms with Crippen LogP contribution in [0, 0.1) is 17.0 Å². The summed E-state index contributed by atoms with van der Waals surface area (Å²) in [4.78, 5) is 14.1. The topological polar surface area (TPSA) is 127 Å². The maximum absolute atomic E-state index is 12.1. The second kappa shape index (κ2) is 5.79. The van der Waals surface area contributed by atoms with Gasteiger partial charge >= 0.3 is 5.69 Å². The molecular formula is C10H12N4O5S2. The largest absolute Gasteiger partial charge is 0.445 e. The Balaban J connectivity index is 2.21. The second-order valence-corrected chi connectivity index (χ2v) is 7.02. The lowest BCUT2D eigenvalue weighted by atomic mass is 10.5. The van der Waals surface area contributed by atoms with Crippen molar-refractivity contribution >= 4 is 32.0 Å². The van der Waals surface area contributed by atoms with Crippen LogP contribution >= 0.6 is 11.3 Å². The fraction of sp³-hybridized carbons (Fsp3) is 0.300. The molecule has 0 atom stereocenters. The number of nitro groups is 1. The molecule has 0 bridgehead atoms. The van der Waals surface area contributed by atoms with Gasteiger partial charge in [0.2, 0.25) is 5.89 Å². The summed E-state index contributed by atoms with van der Waals surface area (Å²) in [5.74, 6) is 0.782. The molecule has 0 spiro atoms. The monoisotopic (exact) mass is 332 g/mol. The number of hydrogen-bond acceptors (Lipinski definition) is 8. The van der Waals surface area contributed by atoms with E-state index in [1.54, 1.807) is 6.92 Å². The highest BCUT2D eigenvalue weighted by Crippen LogP contribution is 2.36. The van der Waals surface area contributed by atoms with E-state index < -0.39 is 14.9 Å². The minimum absolute atomic E-state index is 0.128. The molecule has 2 rings (SSSR count). The predicted molar refractivity (Wildman–Crippen MR) is 75.8 cm³/mol. The summed E-state index contributed by atoms with van der Waals surface area (Å²) in [6, 6.07) is 1.01. The number of aromatic nitrogens is 1. The van der Waals surface area contributed by atoms with E-state index in [1.165, 1.54) is 13.2 Å². The lowest BCUT2D eigenvalue weighted by molar-refractivity contribution is -0.383. The number of anilines is 1. The van der Waals surface area contributed by atoms with E-state index in [1.807, 2.05) is 0 Å². The molecule has 0 aliphatic heterocycles. The van der Waals surface area contributed by atoms with Crippen LogP contribution in [0.2, 0.25) is 0 Å². The van der Waals surface area contributed by atoms with Crippen LogP contribution in [0.3, 0.4) is 0 Å². The third-order valence-electron chi connectivity index (χ3n) is 2.46. The molecule has 2 aromatic rings. The zero-order valence-electron chi connectivity index (χ0n) is 11.1. The molecule has 0 unspecified atom stereocenters. The van der Waals surface area contributed by atoms with Crippen LogP contribution in [-0.4, -0.2) is 25.4 Å². The number of hydrogen-bond donors (Lipinski definition) is 2. The van der Waals surface area contributed by atoms with Crippen molar-refractivity contribution < 1.29 is 17.8 Å². The van der Waals surface area contributed by atoms with Crippen molar-refractivity contribution in [3.8, 4) is 0 Å². The molecule has 0 aliphatic rings. The van der Waals surface area contributed by atoms with Gasteiger partial charge in [0.25, 0.3) is 10.0 Å². The van der Waals surface area contributed by atoms with Gasteiger partial charge in [0, 0.05) is 13.1 Å². The van der Waals surface area contributed by atoms with Crippen LogP contribution < -0.4 is 10.0 Å². The van der Waals surface area contributed by atoms with E-state index in [9.17, 15) is 18.5 Å². The van der Waals surface area contributed by atoms with Gasteiger partial charge < -0.3 is 9.73 Å². The Labute approximate surface area is 124 Å². The molecular weight excluding hydrogens is 320 g/mol. The van der Waals surface area contributed by atoms with E-state index in [4.69, 9.17) is 4.42 Å². The maximum atomic E-state index is 12.1. The predicted octanol–water partition coefficient (Wildman–Crippen LogP) is 1.47. The van der Waals surface area contributed by atoms with E-state index in [2.05, 4.69) is 15.0 Å². The molecule has 0 amide bonds. The molecule has 0 radical (unpaired) electrons. The van der Waals surface area contributed by atoms with Gasteiger partial charge in [0.05, 0.1) is 17.7 Å². The first-order chi connectivity index (χ1) is 9.83. The molecule has 0 saturated heterocycles. The first-order valence-corrected chi connectivity index (χ1v) is 8.00. The van der Waals surface area contributed by atoms with Gasteiger partial charge in [-0.2, -0.15) is 0 Å². The van der Waals surface area contributed by atoms with Gasteiger partial charge in [-0.3, -0.25) is 10.1 Å². The zero-order chi connectivity index (χ0) is 15.6. The van der Waals surface area contributed by atoms with Gasteiger partial charge in [-0.05, 0) is 6.92 Å². The summed E-state index contributed by atoms with van der Waals surface area (Å²) < 4.78 is 31.5. The van der Waals surface area contributed by atoms with Gasteiger partial charge in [0.15, 0.2) is 5.00 Å². The molecule has 9 nitrogen and oxygen atoms in total. The summed E-state index contributed by atoms with van der Waals surface area (Å²) in [7, 11) is -2.39. The Morgan fingerprint density at radius 2 is 2.24 bits per heavy atom. The number of rotatable bonds is 6. The Morgan fingerprint density at radius 3 is 2.71 bits per heavy atom. The number of nitrogens with one attached hydrogen (secondary N) is 2. The Bertz CT molecular complexity index is 764. The zero-order valence-corrected chi connectivity index (χ0v) is 12.7.